The molecule has 5 aromatic carbocycles. The van der Waals surface area contributed by atoms with Crippen LogP contribution in [0.1, 0.15) is 78.8 Å². The molecule has 1 aliphatic rings. The molecule has 0 aliphatic heterocycles. The molecule has 0 saturated heterocycles. The molecule has 1 aliphatic carbocycles. The number of amides is 1. The van der Waals surface area contributed by atoms with Crippen LogP contribution < -0.4 is 19.5 Å². The average Bonchev–Trinajstić information content (AvgIpc) is 3.27. The zero-order valence-corrected chi connectivity index (χ0v) is 36.0. The van der Waals surface area contributed by atoms with E-state index in [0.717, 1.165) is 97.9 Å². The van der Waals surface area contributed by atoms with E-state index in [9.17, 15) is 13.2 Å². The number of unbranched alkanes of at least 4 members (excludes halogenated alkanes) is 2. The molecule has 10 heteroatoms. The fourth-order valence-electron chi connectivity index (χ4n) is 7.91. The lowest BCUT2D eigenvalue weighted by Gasteiger charge is -2.33. The molecule has 2 atom stereocenters. The highest BCUT2D eigenvalue weighted by Gasteiger charge is 2.29. The minimum Gasteiger partial charge on any atom is -0.485 e. The van der Waals surface area contributed by atoms with Crippen molar-refractivity contribution in [1.82, 2.24) is 10.2 Å². The summed E-state index contributed by atoms with van der Waals surface area (Å²) in [6, 6.07) is 42.3. The van der Waals surface area contributed by atoms with Crippen molar-refractivity contribution in [3.8, 4) is 11.5 Å². The quantitative estimate of drug-likeness (QED) is 0.0632. The van der Waals surface area contributed by atoms with Crippen LogP contribution in [-0.4, -0.2) is 51.3 Å². The Hall–Kier alpha value is -5.32. The van der Waals surface area contributed by atoms with E-state index in [2.05, 4.69) is 53.4 Å². The topological polar surface area (TPSA) is 106 Å². The van der Waals surface area contributed by atoms with Gasteiger partial charge in [-0.2, -0.15) is 0 Å². The Morgan fingerprint density at radius 2 is 1.37 bits per heavy atom. The minimum absolute atomic E-state index is 0.222. The Balaban J connectivity index is 1.06. The second-order valence-corrected chi connectivity index (χ2v) is 17.6. The fraction of sp³-hybridized carbons (Fsp3) is 0.380. The molecule has 0 aromatic heterocycles. The standard InChI is InChI=1S/C50H61N3O6S/c1-3-32-51-47(44-25-29-46-43(35-44)26-30-48(57-36-40-16-8-4-9-17-40)49(46)58-37-41-18-10-5-11-19-41)22-14-7-15-33-53(50(54)59-38-42-20-12-6-13-21-42)34-31-39-23-27-45(28-24-39)52-60(2,55)56/h4-6,8-13,16-21,23-24,26-28,30,44,47,51-52H,3,7,14-15,22,25,29,31-38H2,1-2H3. The van der Waals surface area contributed by atoms with Crippen molar-refractivity contribution in [3.63, 3.8) is 0 Å². The SMILES string of the molecule is CCCNC(CCCCCN(CCc1ccc(NS(C)(=O)=O)cc1)C(=O)OCc1ccccc1)C1CCc2c(ccc(OCc3ccccc3)c2OCc2ccccc2)C1. The lowest BCUT2D eigenvalue weighted by atomic mass is 9.78. The Kier molecular flexibility index (Phi) is 16.9. The van der Waals surface area contributed by atoms with Gasteiger partial charge in [-0.15, -0.1) is 0 Å². The minimum atomic E-state index is -3.36. The predicted molar refractivity (Wildman–Crippen MR) is 241 cm³/mol. The lowest BCUT2D eigenvalue weighted by molar-refractivity contribution is 0.0957. The van der Waals surface area contributed by atoms with E-state index in [0.29, 0.717) is 50.4 Å². The third-order valence-electron chi connectivity index (χ3n) is 11.1. The molecule has 0 fully saturated rings. The maximum Gasteiger partial charge on any atom is 0.410 e. The number of nitrogens with one attached hydrogen (secondary N) is 2. The van der Waals surface area contributed by atoms with Gasteiger partial charge in [-0.1, -0.05) is 129 Å². The first kappa shape index (κ1) is 44.2. The molecule has 0 bridgehead atoms. The summed E-state index contributed by atoms with van der Waals surface area (Å²) in [7, 11) is -3.36. The van der Waals surface area contributed by atoms with E-state index in [1.807, 2.05) is 83.8 Å². The first-order valence-electron chi connectivity index (χ1n) is 21.5. The highest BCUT2D eigenvalue weighted by atomic mass is 32.2. The van der Waals surface area contributed by atoms with Gasteiger partial charge >= 0.3 is 6.09 Å². The summed E-state index contributed by atoms with van der Waals surface area (Å²) in [5.74, 6) is 2.17. The monoisotopic (exact) mass is 831 g/mol. The molecule has 2 N–H and O–H groups in total. The third kappa shape index (κ3) is 14.2. The van der Waals surface area contributed by atoms with E-state index >= 15 is 0 Å². The van der Waals surface area contributed by atoms with Gasteiger partial charge in [-0.25, -0.2) is 13.2 Å². The van der Waals surface area contributed by atoms with Crippen molar-refractivity contribution >= 4 is 21.8 Å². The van der Waals surface area contributed by atoms with Crippen LogP contribution >= 0.6 is 0 Å². The molecule has 5 aromatic rings. The van der Waals surface area contributed by atoms with Gasteiger partial charge in [0.05, 0.1) is 6.26 Å². The van der Waals surface area contributed by atoms with Crippen LogP contribution in [0.15, 0.2) is 127 Å². The Bertz CT molecular complexity index is 2150. The zero-order chi connectivity index (χ0) is 42.0. The maximum atomic E-state index is 13.4. The Morgan fingerprint density at radius 3 is 2.00 bits per heavy atom. The van der Waals surface area contributed by atoms with Crippen LogP contribution in [-0.2, 0) is 53.8 Å². The molecule has 0 spiro atoms. The Labute approximate surface area is 357 Å². The summed E-state index contributed by atoms with van der Waals surface area (Å²) in [5.41, 5.74) is 7.34. The molecule has 2 unspecified atom stereocenters. The summed E-state index contributed by atoms with van der Waals surface area (Å²) in [5, 5.41) is 3.91. The van der Waals surface area contributed by atoms with Gasteiger partial charge in [0.25, 0.3) is 0 Å². The zero-order valence-electron chi connectivity index (χ0n) is 35.2. The van der Waals surface area contributed by atoms with Gasteiger partial charge in [0.1, 0.15) is 19.8 Å². The number of ether oxygens (including phenoxy) is 3. The van der Waals surface area contributed by atoms with Crippen molar-refractivity contribution < 1.29 is 27.4 Å². The van der Waals surface area contributed by atoms with Gasteiger partial charge in [0.2, 0.25) is 10.0 Å². The second-order valence-electron chi connectivity index (χ2n) is 15.8. The van der Waals surface area contributed by atoms with E-state index in [-0.39, 0.29) is 12.7 Å². The van der Waals surface area contributed by atoms with Crippen molar-refractivity contribution in [3.05, 3.63) is 161 Å². The van der Waals surface area contributed by atoms with Gasteiger partial charge in [0, 0.05) is 30.4 Å². The molecule has 9 nitrogen and oxygen atoms in total. The molecule has 1 amide bonds. The van der Waals surface area contributed by atoms with Crippen LogP contribution in [0, 0.1) is 5.92 Å². The van der Waals surface area contributed by atoms with Crippen molar-refractivity contribution in [1.29, 1.82) is 0 Å². The van der Waals surface area contributed by atoms with Crippen molar-refractivity contribution in [2.75, 3.05) is 30.6 Å². The van der Waals surface area contributed by atoms with Crippen molar-refractivity contribution in [2.24, 2.45) is 5.92 Å². The summed E-state index contributed by atoms with van der Waals surface area (Å²) < 4.78 is 44.6. The third-order valence-corrected chi connectivity index (χ3v) is 11.7. The van der Waals surface area contributed by atoms with Crippen LogP contribution in [0.2, 0.25) is 0 Å². The molecule has 318 valence electrons. The van der Waals surface area contributed by atoms with Crippen LogP contribution in [0.3, 0.4) is 0 Å². The van der Waals surface area contributed by atoms with Crippen LogP contribution in [0.25, 0.3) is 0 Å². The van der Waals surface area contributed by atoms with E-state index in [1.54, 1.807) is 12.1 Å². The summed E-state index contributed by atoms with van der Waals surface area (Å²) in [6.45, 7) is 5.51. The number of carbonyl (C=O) groups is 1. The summed E-state index contributed by atoms with van der Waals surface area (Å²) in [6.07, 6.45) is 9.53. The van der Waals surface area contributed by atoms with Crippen LogP contribution in [0.4, 0.5) is 10.5 Å². The number of anilines is 1. The number of nitrogens with zero attached hydrogens (tertiary/aromatic N) is 1. The highest BCUT2D eigenvalue weighted by Crippen LogP contribution is 2.41. The largest absolute Gasteiger partial charge is 0.485 e. The van der Waals surface area contributed by atoms with Gasteiger partial charge in [-0.3, -0.25) is 4.72 Å². The molecule has 6 rings (SSSR count). The van der Waals surface area contributed by atoms with Gasteiger partial charge in [-0.05, 0) is 103 Å². The molecule has 0 heterocycles. The number of hydrogen-bond acceptors (Lipinski definition) is 7. The van der Waals surface area contributed by atoms with Crippen molar-refractivity contribution in [2.45, 2.75) is 90.6 Å². The molecule has 0 saturated carbocycles. The number of fused-ring (bicyclic) bond motifs is 1. The average molecular weight is 832 g/mol. The molecular weight excluding hydrogens is 771 g/mol. The molecular formula is C50H61N3O6S. The fourth-order valence-corrected chi connectivity index (χ4v) is 8.47. The maximum absolute atomic E-state index is 13.4. The molecule has 0 radical (unpaired) electrons. The lowest BCUT2D eigenvalue weighted by Crippen LogP contribution is -2.39. The number of benzene rings is 5. The summed E-state index contributed by atoms with van der Waals surface area (Å²) in [4.78, 5) is 15.2. The summed E-state index contributed by atoms with van der Waals surface area (Å²) >= 11 is 0. The van der Waals surface area contributed by atoms with Gasteiger partial charge < -0.3 is 24.4 Å². The van der Waals surface area contributed by atoms with Gasteiger partial charge in [0.15, 0.2) is 11.5 Å². The number of sulfonamides is 1. The number of hydrogen-bond donors (Lipinski definition) is 2. The number of carbonyl (C=O) groups excluding carboxylic acids is 1. The predicted octanol–water partition coefficient (Wildman–Crippen LogP) is 10.1. The van der Waals surface area contributed by atoms with E-state index < -0.39 is 10.0 Å². The van der Waals surface area contributed by atoms with E-state index in [1.165, 1.54) is 11.1 Å². The number of rotatable bonds is 23. The molecule has 60 heavy (non-hydrogen) atoms. The second kappa shape index (κ2) is 22.9. The van der Waals surface area contributed by atoms with E-state index in [4.69, 9.17) is 14.2 Å². The first-order chi connectivity index (χ1) is 29.2. The highest BCUT2D eigenvalue weighted by molar-refractivity contribution is 7.92. The normalized spacial score (nSPS) is 14.1. The van der Waals surface area contributed by atoms with Crippen LogP contribution in [0.5, 0.6) is 11.5 Å². The Morgan fingerprint density at radius 1 is 0.733 bits per heavy atom. The first-order valence-corrected chi connectivity index (χ1v) is 23.4. The smallest absolute Gasteiger partial charge is 0.410 e.